The highest BCUT2D eigenvalue weighted by Crippen LogP contribution is 2.22. The van der Waals surface area contributed by atoms with Crippen molar-refractivity contribution in [1.29, 1.82) is 0 Å². The molecule has 2 heterocycles. The third kappa shape index (κ3) is 4.67. The number of carbonyl (C=O) groups excluding carboxylic acids is 1. The monoisotopic (exact) mass is 385 g/mol. The van der Waals surface area contributed by atoms with Crippen LogP contribution < -0.4 is 10.2 Å². The van der Waals surface area contributed by atoms with Crippen LogP contribution in [0.3, 0.4) is 0 Å². The third-order valence-corrected chi connectivity index (χ3v) is 4.34. The van der Waals surface area contributed by atoms with Crippen molar-refractivity contribution in [3.8, 4) is 0 Å². The molecule has 0 unspecified atom stereocenters. The fourth-order valence-corrected chi connectivity index (χ4v) is 2.99. The molecule has 2 N–H and O–H groups in total. The zero-order valence-corrected chi connectivity index (χ0v) is 15.9. The molecule has 1 fully saturated rings. The van der Waals surface area contributed by atoms with Gasteiger partial charge in [-0.3, -0.25) is 0 Å². The Balaban J connectivity index is 1.71. The summed E-state index contributed by atoms with van der Waals surface area (Å²) in [5.74, 6) is 0.954. The van der Waals surface area contributed by atoms with E-state index in [0.717, 1.165) is 5.82 Å². The quantitative estimate of drug-likeness (QED) is 0.808. The minimum Gasteiger partial charge on any atom is -0.478 e. The summed E-state index contributed by atoms with van der Waals surface area (Å²) in [4.78, 5) is 35.6. The van der Waals surface area contributed by atoms with Crippen molar-refractivity contribution in [2.75, 3.05) is 43.0 Å². The maximum absolute atomic E-state index is 11.8. The maximum atomic E-state index is 11.8. The van der Waals surface area contributed by atoms with Crippen LogP contribution in [-0.2, 0) is 4.74 Å². The topological polar surface area (TPSA) is 108 Å². The van der Waals surface area contributed by atoms with Gasteiger partial charge in [-0.05, 0) is 32.0 Å². The van der Waals surface area contributed by atoms with Crippen LogP contribution in [0.15, 0.2) is 30.3 Å². The lowest BCUT2D eigenvalue weighted by Crippen LogP contribution is -2.49. The molecule has 1 aliphatic rings. The number of anilines is 3. The Hall–Kier alpha value is -3.36. The van der Waals surface area contributed by atoms with Gasteiger partial charge in [0.1, 0.15) is 17.5 Å². The number of hydrogen-bond donors (Lipinski definition) is 2. The molecular formula is C19H23N5O4. The van der Waals surface area contributed by atoms with Crippen molar-refractivity contribution in [3.63, 3.8) is 0 Å². The molecule has 0 atom stereocenters. The number of piperazine rings is 1. The molecule has 1 amide bonds. The van der Waals surface area contributed by atoms with Crippen molar-refractivity contribution < 1.29 is 19.4 Å². The summed E-state index contributed by atoms with van der Waals surface area (Å²) < 4.78 is 5.04. The lowest BCUT2D eigenvalue weighted by Gasteiger charge is -2.34. The summed E-state index contributed by atoms with van der Waals surface area (Å²) in [6.07, 6.45) is -0.290. The molecule has 9 nitrogen and oxygen atoms in total. The van der Waals surface area contributed by atoms with E-state index in [2.05, 4.69) is 20.2 Å². The number of carbonyl (C=O) groups is 2. The van der Waals surface area contributed by atoms with Gasteiger partial charge in [0.15, 0.2) is 0 Å². The van der Waals surface area contributed by atoms with E-state index in [4.69, 9.17) is 9.84 Å². The van der Waals surface area contributed by atoms with Crippen molar-refractivity contribution in [3.05, 3.63) is 41.7 Å². The molecule has 0 aliphatic carbocycles. The molecule has 1 aromatic carbocycles. The van der Waals surface area contributed by atoms with Gasteiger partial charge in [0.25, 0.3) is 0 Å². The van der Waals surface area contributed by atoms with Crippen LogP contribution in [0.1, 0.15) is 23.1 Å². The highest BCUT2D eigenvalue weighted by molar-refractivity contribution is 5.89. The number of ether oxygens (including phenoxy) is 1. The van der Waals surface area contributed by atoms with Gasteiger partial charge >= 0.3 is 12.1 Å². The first-order valence-electron chi connectivity index (χ1n) is 9.09. The van der Waals surface area contributed by atoms with E-state index in [9.17, 15) is 9.59 Å². The number of benzene rings is 1. The Morgan fingerprint density at radius 3 is 2.61 bits per heavy atom. The van der Waals surface area contributed by atoms with Gasteiger partial charge in [0.05, 0.1) is 12.2 Å². The van der Waals surface area contributed by atoms with E-state index in [1.807, 2.05) is 6.07 Å². The second kappa shape index (κ2) is 8.55. The predicted molar refractivity (Wildman–Crippen MR) is 104 cm³/mol. The Morgan fingerprint density at radius 2 is 1.93 bits per heavy atom. The van der Waals surface area contributed by atoms with Gasteiger partial charge < -0.3 is 25.0 Å². The number of aromatic carboxylic acids is 1. The number of amides is 1. The Labute approximate surface area is 163 Å². The molecule has 2 aromatic rings. The molecule has 3 rings (SSSR count). The Kier molecular flexibility index (Phi) is 5.93. The van der Waals surface area contributed by atoms with Crippen LogP contribution in [0.2, 0.25) is 0 Å². The first-order valence-corrected chi connectivity index (χ1v) is 9.09. The number of carboxylic acids is 1. The van der Waals surface area contributed by atoms with Gasteiger partial charge in [-0.1, -0.05) is 6.07 Å². The van der Waals surface area contributed by atoms with Gasteiger partial charge in [-0.2, -0.15) is 0 Å². The summed E-state index contributed by atoms with van der Waals surface area (Å²) in [7, 11) is 0. The van der Waals surface area contributed by atoms with Gasteiger partial charge in [-0.25, -0.2) is 19.6 Å². The number of hydrogen-bond acceptors (Lipinski definition) is 7. The van der Waals surface area contributed by atoms with Crippen molar-refractivity contribution in [2.45, 2.75) is 13.8 Å². The number of rotatable bonds is 5. The van der Waals surface area contributed by atoms with E-state index in [-0.39, 0.29) is 11.7 Å². The highest BCUT2D eigenvalue weighted by Gasteiger charge is 2.23. The number of nitrogens with one attached hydrogen (secondary N) is 1. The summed E-state index contributed by atoms with van der Waals surface area (Å²) in [5, 5.41) is 12.3. The molecule has 0 saturated carbocycles. The Bertz CT molecular complexity index is 865. The second-order valence-electron chi connectivity index (χ2n) is 6.34. The van der Waals surface area contributed by atoms with Crippen molar-refractivity contribution in [2.24, 2.45) is 0 Å². The molecule has 1 aliphatic heterocycles. The fourth-order valence-electron chi connectivity index (χ4n) is 2.99. The Morgan fingerprint density at radius 1 is 1.18 bits per heavy atom. The van der Waals surface area contributed by atoms with Crippen LogP contribution in [-0.4, -0.2) is 64.8 Å². The summed E-state index contributed by atoms with van der Waals surface area (Å²) in [6, 6.07) is 8.36. The van der Waals surface area contributed by atoms with Crippen LogP contribution in [0.5, 0.6) is 0 Å². The molecule has 1 aromatic heterocycles. The van der Waals surface area contributed by atoms with Crippen LogP contribution in [0.25, 0.3) is 0 Å². The minimum absolute atomic E-state index is 0.200. The molecule has 0 radical (unpaired) electrons. The third-order valence-electron chi connectivity index (χ3n) is 4.34. The zero-order valence-electron chi connectivity index (χ0n) is 15.9. The molecule has 28 heavy (non-hydrogen) atoms. The molecule has 0 bridgehead atoms. The molecular weight excluding hydrogens is 362 g/mol. The van der Waals surface area contributed by atoms with Crippen LogP contribution >= 0.6 is 0 Å². The molecule has 9 heteroatoms. The number of carboxylic acid groups (broad SMARTS) is 1. The fraction of sp³-hybridized carbons (Fsp3) is 0.368. The number of aromatic nitrogens is 2. The predicted octanol–water partition coefficient (Wildman–Crippen LogP) is 2.51. The molecule has 148 valence electrons. The summed E-state index contributed by atoms with van der Waals surface area (Å²) in [5.41, 5.74) is 0.835. The van der Waals surface area contributed by atoms with Crippen molar-refractivity contribution >= 4 is 29.4 Å². The van der Waals surface area contributed by atoms with Gasteiger partial charge in [0.2, 0.25) is 0 Å². The lowest BCUT2D eigenvalue weighted by molar-refractivity contribution is 0.0696. The van der Waals surface area contributed by atoms with E-state index >= 15 is 0 Å². The summed E-state index contributed by atoms with van der Waals surface area (Å²) >= 11 is 0. The highest BCUT2D eigenvalue weighted by atomic mass is 16.6. The van der Waals surface area contributed by atoms with Crippen molar-refractivity contribution in [1.82, 2.24) is 14.9 Å². The van der Waals surface area contributed by atoms with E-state index in [0.29, 0.717) is 50.1 Å². The lowest BCUT2D eigenvalue weighted by atomic mass is 10.2. The van der Waals surface area contributed by atoms with E-state index in [1.165, 1.54) is 6.07 Å². The minimum atomic E-state index is -0.984. The maximum Gasteiger partial charge on any atom is 0.409 e. The SMILES string of the molecule is CCOC(=O)N1CCN(c2cc(Nc3cccc(C(=O)O)c3)nc(C)n2)CC1. The first kappa shape index (κ1) is 19.4. The zero-order chi connectivity index (χ0) is 20.1. The number of aryl methyl sites for hydroxylation is 1. The normalized spacial score (nSPS) is 13.9. The van der Waals surface area contributed by atoms with Crippen LogP contribution in [0.4, 0.5) is 22.1 Å². The number of nitrogens with zero attached hydrogens (tertiary/aromatic N) is 4. The second-order valence-corrected chi connectivity index (χ2v) is 6.34. The average molecular weight is 385 g/mol. The smallest absolute Gasteiger partial charge is 0.409 e. The summed E-state index contributed by atoms with van der Waals surface area (Å²) in [6.45, 7) is 6.36. The molecule has 0 spiro atoms. The van der Waals surface area contributed by atoms with E-state index in [1.54, 1.807) is 36.9 Å². The average Bonchev–Trinajstić information content (AvgIpc) is 2.68. The van der Waals surface area contributed by atoms with Gasteiger partial charge in [-0.15, -0.1) is 0 Å². The van der Waals surface area contributed by atoms with Crippen LogP contribution in [0, 0.1) is 6.92 Å². The first-order chi connectivity index (χ1) is 13.5. The molecule has 1 saturated heterocycles. The van der Waals surface area contributed by atoms with Gasteiger partial charge in [0, 0.05) is 37.9 Å². The van der Waals surface area contributed by atoms with E-state index < -0.39 is 5.97 Å². The standard InChI is InChI=1S/C19H23N5O4/c1-3-28-19(27)24-9-7-23(8-10-24)17-12-16(20-13(2)21-17)22-15-6-4-5-14(11-15)18(25)26/h4-6,11-12H,3,7-10H2,1-2H3,(H,25,26)(H,20,21,22). The largest absolute Gasteiger partial charge is 0.478 e.